The standard InChI is InChI=1S/C19H19FN4O3/c1-11-14(12(2)27-22-11)4-6-18(25)23-8-7-16-15(10-23)19(26)24-9-13(20)3-5-17(24)21-16/h3,5,9H,4,6-8,10H2,1-2H3. The summed E-state index contributed by atoms with van der Waals surface area (Å²) < 4.78 is 19.8. The first-order valence-electron chi connectivity index (χ1n) is 8.83. The molecule has 3 aromatic rings. The Morgan fingerprint density at radius 1 is 1.33 bits per heavy atom. The fraction of sp³-hybridized carbons (Fsp3) is 0.368. The van der Waals surface area contributed by atoms with Gasteiger partial charge in [0.05, 0.1) is 23.5 Å². The van der Waals surface area contributed by atoms with E-state index in [4.69, 9.17) is 4.52 Å². The molecule has 0 atom stereocenters. The van der Waals surface area contributed by atoms with E-state index >= 15 is 0 Å². The summed E-state index contributed by atoms with van der Waals surface area (Å²) in [5, 5.41) is 3.90. The number of carbonyl (C=O) groups is 1. The number of rotatable bonds is 3. The Kier molecular flexibility index (Phi) is 4.25. The highest BCUT2D eigenvalue weighted by Crippen LogP contribution is 2.19. The monoisotopic (exact) mass is 370 g/mol. The summed E-state index contributed by atoms with van der Waals surface area (Å²) >= 11 is 0. The molecule has 0 unspecified atom stereocenters. The molecule has 1 amide bonds. The van der Waals surface area contributed by atoms with Crippen molar-refractivity contribution in [2.45, 2.75) is 39.7 Å². The Hall–Kier alpha value is -3.03. The van der Waals surface area contributed by atoms with Crippen LogP contribution in [0.3, 0.4) is 0 Å². The van der Waals surface area contributed by atoms with Crippen molar-refractivity contribution in [2.24, 2.45) is 0 Å². The smallest absolute Gasteiger partial charge is 0.263 e. The molecule has 0 saturated carbocycles. The van der Waals surface area contributed by atoms with E-state index < -0.39 is 5.82 Å². The number of hydrogen-bond acceptors (Lipinski definition) is 5. The molecule has 0 spiro atoms. The molecule has 4 rings (SSSR count). The summed E-state index contributed by atoms with van der Waals surface area (Å²) in [4.78, 5) is 31.5. The van der Waals surface area contributed by atoms with Gasteiger partial charge in [-0.15, -0.1) is 0 Å². The predicted molar refractivity (Wildman–Crippen MR) is 94.8 cm³/mol. The number of halogens is 1. The Bertz CT molecular complexity index is 1080. The number of nitrogens with zero attached hydrogens (tertiary/aromatic N) is 4. The molecule has 1 aliphatic heterocycles. The molecule has 7 nitrogen and oxygen atoms in total. The van der Waals surface area contributed by atoms with Crippen LogP contribution < -0.4 is 5.56 Å². The SMILES string of the molecule is Cc1noc(C)c1CCC(=O)N1CCc2nc3ccc(F)cn3c(=O)c2C1. The van der Waals surface area contributed by atoms with Crippen LogP contribution >= 0.6 is 0 Å². The topological polar surface area (TPSA) is 80.7 Å². The lowest BCUT2D eigenvalue weighted by Gasteiger charge is -2.28. The fourth-order valence-corrected chi connectivity index (χ4v) is 3.53. The summed E-state index contributed by atoms with van der Waals surface area (Å²) in [7, 11) is 0. The van der Waals surface area contributed by atoms with Crippen molar-refractivity contribution in [1.82, 2.24) is 19.4 Å². The predicted octanol–water partition coefficient (Wildman–Crippen LogP) is 1.96. The van der Waals surface area contributed by atoms with Gasteiger partial charge in [-0.1, -0.05) is 5.16 Å². The molecule has 0 aliphatic carbocycles. The summed E-state index contributed by atoms with van der Waals surface area (Å²) in [6, 6.07) is 2.76. The Morgan fingerprint density at radius 3 is 2.89 bits per heavy atom. The average Bonchev–Trinajstić information content (AvgIpc) is 2.98. The Balaban J connectivity index is 1.55. The lowest BCUT2D eigenvalue weighted by molar-refractivity contribution is -0.132. The van der Waals surface area contributed by atoms with E-state index in [1.165, 1.54) is 16.5 Å². The Labute approximate surface area is 154 Å². The van der Waals surface area contributed by atoms with Gasteiger partial charge in [0.25, 0.3) is 5.56 Å². The molecule has 0 bridgehead atoms. The number of hydrogen-bond donors (Lipinski definition) is 0. The normalized spacial score (nSPS) is 13.8. The number of carbonyl (C=O) groups excluding carboxylic acids is 1. The van der Waals surface area contributed by atoms with Crippen LogP contribution in [0.15, 0.2) is 27.6 Å². The van der Waals surface area contributed by atoms with Crippen molar-refractivity contribution >= 4 is 11.6 Å². The van der Waals surface area contributed by atoms with Crippen molar-refractivity contribution in [1.29, 1.82) is 0 Å². The third-order valence-corrected chi connectivity index (χ3v) is 5.06. The van der Waals surface area contributed by atoms with Gasteiger partial charge in [0, 0.05) is 31.1 Å². The maximum Gasteiger partial charge on any atom is 0.263 e. The highest BCUT2D eigenvalue weighted by atomic mass is 19.1. The van der Waals surface area contributed by atoms with Crippen LogP contribution in [0.25, 0.3) is 5.65 Å². The second-order valence-corrected chi connectivity index (χ2v) is 6.79. The fourth-order valence-electron chi connectivity index (χ4n) is 3.53. The summed E-state index contributed by atoms with van der Waals surface area (Å²) in [6.45, 7) is 4.39. The minimum absolute atomic E-state index is 0.0376. The van der Waals surface area contributed by atoms with Crippen molar-refractivity contribution in [2.75, 3.05) is 6.54 Å². The second-order valence-electron chi connectivity index (χ2n) is 6.79. The minimum Gasteiger partial charge on any atom is -0.361 e. The molecule has 4 heterocycles. The van der Waals surface area contributed by atoms with Crippen molar-refractivity contribution in [3.05, 3.63) is 62.8 Å². The molecule has 27 heavy (non-hydrogen) atoms. The van der Waals surface area contributed by atoms with Crippen LogP contribution in [0.5, 0.6) is 0 Å². The van der Waals surface area contributed by atoms with Gasteiger partial charge in [-0.25, -0.2) is 9.37 Å². The number of aromatic nitrogens is 3. The molecule has 8 heteroatoms. The molecular weight excluding hydrogens is 351 g/mol. The van der Waals surface area contributed by atoms with Crippen LogP contribution in [0.4, 0.5) is 4.39 Å². The molecule has 1 aliphatic rings. The zero-order chi connectivity index (χ0) is 19.1. The number of pyridine rings is 1. The minimum atomic E-state index is -0.505. The molecule has 0 fully saturated rings. The van der Waals surface area contributed by atoms with Crippen molar-refractivity contribution < 1.29 is 13.7 Å². The molecule has 0 aromatic carbocycles. The van der Waals surface area contributed by atoms with Crippen LogP contribution in [0.1, 0.15) is 34.7 Å². The van der Waals surface area contributed by atoms with Gasteiger partial charge in [-0.3, -0.25) is 14.0 Å². The van der Waals surface area contributed by atoms with E-state index in [2.05, 4.69) is 10.1 Å². The molecule has 0 saturated heterocycles. The van der Waals surface area contributed by atoms with E-state index in [0.717, 1.165) is 23.2 Å². The molecule has 140 valence electrons. The molecule has 0 radical (unpaired) electrons. The lowest BCUT2D eigenvalue weighted by atomic mass is 10.0. The van der Waals surface area contributed by atoms with Gasteiger partial charge in [0.2, 0.25) is 5.91 Å². The van der Waals surface area contributed by atoms with Crippen LogP contribution in [0, 0.1) is 19.7 Å². The first-order valence-corrected chi connectivity index (χ1v) is 8.83. The van der Waals surface area contributed by atoms with Gasteiger partial charge in [0.15, 0.2) is 0 Å². The quantitative estimate of drug-likeness (QED) is 0.704. The van der Waals surface area contributed by atoms with E-state index in [0.29, 0.717) is 42.7 Å². The summed E-state index contributed by atoms with van der Waals surface area (Å²) in [5.41, 5.74) is 2.97. The number of amides is 1. The highest BCUT2D eigenvalue weighted by Gasteiger charge is 2.25. The van der Waals surface area contributed by atoms with E-state index in [1.807, 2.05) is 13.8 Å². The largest absolute Gasteiger partial charge is 0.361 e. The highest BCUT2D eigenvalue weighted by molar-refractivity contribution is 5.76. The third kappa shape index (κ3) is 3.11. The summed E-state index contributed by atoms with van der Waals surface area (Å²) in [6.07, 6.45) is 2.50. The lowest BCUT2D eigenvalue weighted by Crippen LogP contribution is -2.40. The van der Waals surface area contributed by atoms with Crippen LogP contribution in [0.2, 0.25) is 0 Å². The zero-order valence-corrected chi connectivity index (χ0v) is 15.2. The van der Waals surface area contributed by atoms with Gasteiger partial charge >= 0.3 is 0 Å². The molecular formula is C19H19FN4O3. The van der Waals surface area contributed by atoms with Crippen LogP contribution in [-0.2, 0) is 24.2 Å². The first kappa shape index (κ1) is 17.4. The van der Waals surface area contributed by atoms with E-state index in [-0.39, 0.29) is 18.0 Å². The van der Waals surface area contributed by atoms with E-state index in [1.54, 1.807) is 4.90 Å². The first-order chi connectivity index (χ1) is 12.9. The molecule has 3 aromatic heterocycles. The Morgan fingerprint density at radius 2 is 2.15 bits per heavy atom. The molecule has 0 N–H and O–H groups in total. The van der Waals surface area contributed by atoms with Crippen molar-refractivity contribution in [3.63, 3.8) is 0 Å². The summed E-state index contributed by atoms with van der Waals surface area (Å²) in [5.74, 6) is 0.180. The van der Waals surface area contributed by atoms with E-state index in [9.17, 15) is 14.0 Å². The van der Waals surface area contributed by atoms with Gasteiger partial charge in [-0.05, 0) is 32.4 Å². The van der Waals surface area contributed by atoms with Gasteiger partial charge in [-0.2, -0.15) is 0 Å². The zero-order valence-electron chi connectivity index (χ0n) is 15.2. The maximum atomic E-state index is 13.5. The number of aryl methyl sites for hydroxylation is 2. The van der Waals surface area contributed by atoms with Gasteiger partial charge in [0.1, 0.15) is 17.2 Å². The second kappa shape index (κ2) is 6.61. The number of fused-ring (bicyclic) bond motifs is 2. The third-order valence-electron chi connectivity index (χ3n) is 5.06. The van der Waals surface area contributed by atoms with Crippen LogP contribution in [-0.4, -0.2) is 31.9 Å². The van der Waals surface area contributed by atoms with Gasteiger partial charge < -0.3 is 9.42 Å². The average molecular weight is 370 g/mol. The van der Waals surface area contributed by atoms with Crippen molar-refractivity contribution in [3.8, 4) is 0 Å². The maximum absolute atomic E-state index is 13.5.